The average Bonchev–Trinajstić information content (AvgIpc) is 3.13. The minimum Gasteiger partial charge on any atom is -0.323 e. The van der Waals surface area contributed by atoms with Crippen LogP contribution in [-0.4, -0.2) is 19.5 Å². The first-order chi connectivity index (χ1) is 15.2. The predicted octanol–water partition coefficient (Wildman–Crippen LogP) is 6.44. The molecule has 3 aromatic heterocycles. The maximum absolute atomic E-state index is 6.50. The Balaban J connectivity index is 1.65. The quantitative estimate of drug-likeness (QED) is 0.313. The first kappa shape index (κ1) is 19.7. The van der Waals surface area contributed by atoms with Crippen molar-refractivity contribution in [2.45, 2.75) is 13.0 Å². The second-order valence-corrected chi connectivity index (χ2v) is 8.17. The highest BCUT2D eigenvalue weighted by atomic mass is 35.5. The van der Waals surface area contributed by atoms with Gasteiger partial charge in [-0.1, -0.05) is 29.3 Å². The number of fused-ring (bicyclic) bond motifs is 1. The average molecular weight is 445 g/mol. The molecule has 0 aliphatic carbocycles. The van der Waals surface area contributed by atoms with E-state index in [0.717, 1.165) is 39.1 Å². The van der Waals surface area contributed by atoms with E-state index in [4.69, 9.17) is 28.2 Å². The molecule has 0 amide bonds. The minimum atomic E-state index is 0.579. The molecule has 5 aromatic rings. The Morgan fingerprint density at radius 1 is 0.742 bits per heavy atom. The fourth-order valence-electron chi connectivity index (χ4n) is 3.73. The summed E-state index contributed by atoms with van der Waals surface area (Å²) in [6, 6.07) is 19.9. The highest BCUT2D eigenvalue weighted by molar-refractivity contribution is 6.33. The standard InChI is InChI=1S/C25H18Cl2N4/c26-21-2-3-22(27)20(14-21)16-31-24-15-19(18-7-11-29-12-8-18)1-4-23(24)30-25(31)13-17-5-9-28-10-6-17/h1-12,14-15H,13,16H2. The van der Waals surface area contributed by atoms with Crippen LogP contribution in [0.1, 0.15) is 17.0 Å². The smallest absolute Gasteiger partial charge is 0.114 e. The molecule has 0 bridgehead atoms. The molecule has 0 atom stereocenters. The molecule has 31 heavy (non-hydrogen) atoms. The molecular formula is C25H18Cl2N4. The fraction of sp³-hybridized carbons (Fsp3) is 0.0800. The Morgan fingerprint density at radius 2 is 1.48 bits per heavy atom. The summed E-state index contributed by atoms with van der Waals surface area (Å²) in [6.07, 6.45) is 7.91. The van der Waals surface area contributed by atoms with Gasteiger partial charge in [0.2, 0.25) is 0 Å². The normalized spacial score (nSPS) is 11.2. The van der Waals surface area contributed by atoms with Crippen molar-refractivity contribution < 1.29 is 0 Å². The number of halogens is 2. The van der Waals surface area contributed by atoms with E-state index in [2.05, 4.69) is 32.7 Å². The van der Waals surface area contributed by atoms with Gasteiger partial charge >= 0.3 is 0 Å². The SMILES string of the molecule is Clc1ccc(Cl)c(Cn2c(Cc3ccncc3)nc3ccc(-c4ccncc4)cc32)c1. The van der Waals surface area contributed by atoms with Crippen LogP contribution in [0.25, 0.3) is 22.2 Å². The molecule has 152 valence electrons. The Kier molecular flexibility index (Phi) is 5.41. The van der Waals surface area contributed by atoms with Gasteiger partial charge < -0.3 is 4.57 Å². The largest absolute Gasteiger partial charge is 0.323 e. The van der Waals surface area contributed by atoms with Gasteiger partial charge in [-0.15, -0.1) is 0 Å². The number of hydrogen-bond acceptors (Lipinski definition) is 3. The lowest BCUT2D eigenvalue weighted by atomic mass is 10.1. The lowest BCUT2D eigenvalue weighted by Gasteiger charge is -2.12. The van der Waals surface area contributed by atoms with Crippen molar-refractivity contribution in [1.82, 2.24) is 19.5 Å². The second kappa shape index (κ2) is 8.50. The molecule has 0 saturated heterocycles. The minimum absolute atomic E-state index is 0.579. The molecule has 0 N–H and O–H groups in total. The number of benzene rings is 2. The number of hydrogen-bond donors (Lipinski definition) is 0. The van der Waals surface area contributed by atoms with Gasteiger partial charge in [0.05, 0.1) is 17.6 Å². The molecule has 0 spiro atoms. The van der Waals surface area contributed by atoms with Crippen LogP contribution in [-0.2, 0) is 13.0 Å². The van der Waals surface area contributed by atoms with Crippen molar-refractivity contribution in [1.29, 1.82) is 0 Å². The first-order valence-corrected chi connectivity index (χ1v) is 10.7. The summed E-state index contributed by atoms with van der Waals surface area (Å²) < 4.78 is 2.22. The van der Waals surface area contributed by atoms with Gasteiger partial charge in [0.25, 0.3) is 0 Å². The van der Waals surface area contributed by atoms with Crippen LogP contribution in [0.2, 0.25) is 10.0 Å². The van der Waals surface area contributed by atoms with E-state index in [1.54, 1.807) is 30.9 Å². The zero-order valence-electron chi connectivity index (χ0n) is 16.5. The Hall–Kier alpha value is -3.21. The number of rotatable bonds is 5. The molecule has 0 saturated carbocycles. The summed E-state index contributed by atoms with van der Waals surface area (Å²) in [5.41, 5.74) is 6.33. The van der Waals surface area contributed by atoms with E-state index < -0.39 is 0 Å². The molecule has 2 aromatic carbocycles. The molecule has 0 aliphatic rings. The third kappa shape index (κ3) is 4.18. The van der Waals surface area contributed by atoms with Crippen LogP contribution in [0, 0.1) is 0 Å². The van der Waals surface area contributed by atoms with Crippen molar-refractivity contribution in [3.63, 3.8) is 0 Å². The van der Waals surface area contributed by atoms with Crippen LogP contribution in [0.3, 0.4) is 0 Å². The topological polar surface area (TPSA) is 43.6 Å². The number of nitrogens with zero attached hydrogens (tertiary/aromatic N) is 4. The zero-order valence-corrected chi connectivity index (χ0v) is 18.1. The Labute approximate surface area is 190 Å². The van der Waals surface area contributed by atoms with Gasteiger partial charge in [-0.3, -0.25) is 9.97 Å². The van der Waals surface area contributed by atoms with Crippen LogP contribution in [0.5, 0.6) is 0 Å². The molecule has 5 rings (SSSR count). The van der Waals surface area contributed by atoms with Crippen LogP contribution in [0.4, 0.5) is 0 Å². The highest BCUT2D eigenvalue weighted by Gasteiger charge is 2.15. The maximum Gasteiger partial charge on any atom is 0.114 e. The molecule has 3 heterocycles. The summed E-state index contributed by atoms with van der Waals surface area (Å²) in [5.74, 6) is 0.962. The summed E-state index contributed by atoms with van der Waals surface area (Å²) in [7, 11) is 0. The monoisotopic (exact) mass is 444 g/mol. The van der Waals surface area contributed by atoms with Gasteiger partial charge in [-0.25, -0.2) is 4.98 Å². The van der Waals surface area contributed by atoms with Crippen LogP contribution < -0.4 is 0 Å². The van der Waals surface area contributed by atoms with E-state index >= 15 is 0 Å². The number of pyridine rings is 2. The number of imidazole rings is 1. The molecule has 0 aliphatic heterocycles. The fourth-order valence-corrected chi connectivity index (χ4v) is 4.10. The van der Waals surface area contributed by atoms with E-state index in [1.165, 1.54) is 0 Å². The van der Waals surface area contributed by atoms with Crippen LogP contribution in [0.15, 0.2) is 85.5 Å². The molecule has 0 unspecified atom stereocenters. The van der Waals surface area contributed by atoms with Crippen molar-refractivity contribution >= 4 is 34.2 Å². The maximum atomic E-state index is 6.50. The first-order valence-electron chi connectivity index (χ1n) is 9.90. The Morgan fingerprint density at radius 3 is 2.26 bits per heavy atom. The van der Waals surface area contributed by atoms with Gasteiger partial charge in [-0.2, -0.15) is 0 Å². The lowest BCUT2D eigenvalue weighted by Crippen LogP contribution is -2.06. The van der Waals surface area contributed by atoms with E-state index in [-0.39, 0.29) is 0 Å². The van der Waals surface area contributed by atoms with Gasteiger partial charge in [0, 0.05) is 41.3 Å². The highest BCUT2D eigenvalue weighted by Crippen LogP contribution is 2.28. The third-order valence-electron chi connectivity index (χ3n) is 5.29. The zero-order chi connectivity index (χ0) is 21.2. The third-order valence-corrected chi connectivity index (χ3v) is 5.89. The molecule has 6 heteroatoms. The van der Waals surface area contributed by atoms with Crippen LogP contribution >= 0.6 is 23.2 Å². The van der Waals surface area contributed by atoms with Crippen molar-refractivity contribution in [2.24, 2.45) is 0 Å². The van der Waals surface area contributed by atoms with Crippen molar-refractivity contribution in [2.75, 3.05) is 0 Å². The van der Waals surface area contributed by atoms with Gasteiger partial charge in [0.15, 0.2) is 0 Å². The second-order valence-electron chi connectivity index (χ2n) is 7.32. The summed E-state index contributed by atoms with van der Waals surface area (Å²) in [5, 5.41) is 1.35. The molecular weight excluding hydrogens is 427 g/mol. The van der Waals surface area contributed by atoms with Gasteiger partial charge in [-0.05, 0) is 76.9 Å². The summed E-state index contributed by atoms with van der Waals surface area (Å²) in [6.45, 7) is 0.579. The molecule has 0 fully saturated rings. The van der Waals surface area contributed by atoms with E-state index in [1.807, 2.05) is 36.4 Å². The van der Waals surface area contributed by atoms with Crippen molar-refractivity contribution in [3.8, 4) is 11.1 Å². The van der Waals surface area contributed by atoms with Gasteiger partial charge in [0.1, 0.15) is 5.82 Å². The predicted molar refractivity (Wildman–Crippen MR) is 126 cm³/mol. The summed E-state index contributed by atoms with van der Waals surface area (Å²) >= 11 is 12.8. The lowest BCUT2D eigenvalue weighted by molar-refractivity contribution is 0.762. The van der Waals surface area contributed by atoms with E-state index in [9.17, 15) is 0 Å². The molecule has 4 nitrogen and oxygen atoms in total. The van der Waals surface area contributed by atoms with E-state index in [0.29, 0.717) is 23.0 Å². The number of aromatic nitrogens is 4. The Bertz CT molecular complexity index is 1350. The molecule has 0 radical (unpaired) electrons. The van der Waals surface area contributed by atoms with Crippen molar-refractivity contribution in [3.05, 3.63) is 112 Å². The summed E-state index contributed by atoms with van der Waals surface area (Å²) in [4.78, 5) is 13.2.